The molecular formula is C11H15N5O2. The molecule has 1 aliphatic heterocycles. The van der Waals surface area contributed by atoms with Crippen LogP contribution in [0, 0.1) is 0 Å². The van der Waals surface area contributed by atoms with E-state index in [1.807, 2.05) is 6.20 Å². The molecule has 3 rings (SSSR count). The third-order valence-corrected chi connectivity index (χ3v) is 3.18. The average Bonchev–Trinajstić information content (AvgIpc) is 3.07. The van der Waals surface area contributed by atoms with E-state index in [9.17, 15) is 4.79 Å². The van der Waals surface area contributed by atoms with E-state index in [1.165, 1.54) is 0 Å². The second-order valence-electron chi connectivity index (χ2n) is 4.41. The quantitative estimate of drug-likeness (QED) is 0.800. The number of hydrogen-bond donors (Lipinski definition) is 2. The van der Waals surface area contributed by atoms with Crippen molar-refractivity contribution >= 4 is 0 Å². The van der Waals surface area contributed by atoms with Crippen LogP contribution in [0.3, 0.4) is 0 Å². The lowest BCUT2D eigenvalue weighted by atomic mass is 10.1. The first-order valence-corrected chi connectivity index (χ1v) is 6.05. The molecular weight excluding hydrogens is 234 g/mol. The van der Waals surface area contributed by atoms with Gasteiger partial charge in [0.2, 0.25) is 0 Å². The van der Waals surface area contributed by atoms with E-state index in [-0.39, 0.29) is 5.69 Å². The summed E-state index contributed by atoms with van der Waals surface area (Å²) in [7, 11) is 0. The second kappa shape index (κ2) is 4.77. The van der Waals surface area contributed by atoms with E-state index >= 15 is 0 Å². The first kappa shape index (κ1) is 11.2. The molecule has 18 heavy (non-hydrogen) atoms. The maximum atomic E-state index is 10.9. The Hall–Kier alpha value is -1.89. The number of aromatic nitrogens is 5. The molecule has 0 spiro atoms. The number of hydrogen-bond acceptors (Lipinski definition) is 4. The van der Waals surface area contributed by atoms with Gasteiger partial charge in [-0.1, -0.05) is 0 Å². The maximum absolute atomic E-state index is 10.9. The minimum absolute atomic E-state index is 0.264. The largest absolute Gasteiger partial charge is 0.381 e. The van der Waals surface area contributed by atoms with Gasteiger partial charge in [-0.3, -0.25) is 4.98 Å². The van der Waals surface area contributed by atoms with Crippen LogP contribution in [0.4, 0.5) is 0 Å². The van der Waals surface area contributed by atoms with Crippen molar-refractivity contribution in [1.29, 1.82) is 0 Å². The van der Waals surface area contributed by atoms with E-state index in [2.05, 4.69) is 24.7 Å². The van der Waals surface area contributed by atoms with Gasteiger partial charge < -0.3 is 9.30 Å². The van der Waals surface area contributed by atoms with Crippen LogP contribution in [0.2, 0.25) is 0 Å². The minimum atomic E-state index is -0.264. The number of ether oxygens (including phenoxy) is 1. The second-order valence-corrected chi connectivity index (χ2v) is 4.41. The number of H-pyrrole nitrogens is 2. The van der Waals surface area contributed by atoms with Gasteiger partial charge in [-0.15, -0.1) is 0 Å². The third-order valence-electron chi connectivity index (χ3n) is 3.18. The van der Waals surface area contributed by atoms with Gasteiger partial charge in [0, 0.05) is 37.9 Å². The number of aryl methyl sites for hydroxylation is 2. The molecule has 0 radical (unpaired) electrons. The summed E-state index contributed by atoms with van der Waals surface area (Å²) in [6, 6.07) is 0. The Morgan fingerprint density at radius 2 is 2.50 bits per heavy atom. The summed E-state index contributed by atoms with van der Waals surface area (Å²) in [6.45, 7) is 2.31. The molecule has 0 amide bonds. The number of nitrogens with zero attached hydrogens (tertiary/aromatic N) is 3. The Morgan fingerprint density at radius 3 is 3.22 bits per heavy atom. The smallest absolute Gasteiger partial charge is 0.340 e. The zero-order chi connectivity index (χ0) is 12.4. The zero-order valence-corrected chi connectivity index (χ0v) is 9.93. The summed E-state index contributed by atoms with van der Waals surface area (Å²) >= 11 is 0. The van der Waals surface area contributed by atoms with Crippen LogP contribution in [-0.4, -0.2) is 37.9 Å². The first-order valence-electron chi connectivity index (χ1n) is 6.05. The molecule has 1 atom stereocenters. The molecule has 3 heterocycles. The van der Waals surface area contributed by atoms with E-state index in [0.717, 1.165) is 32.0 Å². The van der Waals surface area contributed by atoms with Crippen LogP contribution in [0.5, 0.6) is 0 Å². The standard InChI is InChI=1S/C11H15N5O2/c17-11-13-9(14-15-11)1-4-16-5-3-12-10(16)8-2-6-18-7-8/h3,5,8H,1-2,4,6-7H2,(H2,13,14,15,17). The average molecular weight is 249 g/mol. The molecule has 1 saturated heterocycles. The molecule has 7 heteroatoms. The van der Waals surface area contributed by atoms with Crippen molar-refractivity contribution in [2.45, 2.75) is 25.3 Å². The fourth-order valence-electron chi connectivity index (χ4n) is 2.26. The molecule has 1 aliphatic rings. The monoisotopic (exact) mass is 249 g/mol. The van der Waals surface area contributed by atoms with Gasteiger partial charge in [0.05, 0.1) is 6.61 Å². The van der Waals surface area contributed by atoms with Crippen molar-refractivity contribution in [2.75, 3.05) is 13.2 Å². The van der Waals surface area contributed by atoms with Crippen LogP contribution < -0.4 is 5.69 Å². The fourth-order valence-corrected chi connectivity index (χ4v) is 2.26. The molecule has 0 saturated carbocycles. The molecule has 0 aromatic carbocycles. The van der Waals surface area contributed by atoms with Crippen LogP contribution in [0.25, 0.3) is 0 Å². The van der Waals surface area contributed by atoms with Gasteiger partial charge >= 0.3 is 5.69 Å². The molecule has 1 fully saturated rings. The molecule has 0 aliphatic carbocycles. The molecule has 2 aromatic heterocycles. The molecule has 96 valence electrons. The highest BCUT2D eigenvalue weighted by Crippen LogP contribution is 2.23. The topological polar surface area (TPSA) is 88.6 Å². The summed E-state index contributed by atoms with van der Waals surface area (Å²) in [5.41, 5.74) is -0.264. The summed E-state index contributed by atoms with van der Waals surface area (Å²) in [4.78, 5) is 18.0. The summed E-state index contributed by atoms with van der Waals surface area (Å²) < 4.78 is 7.49. The van der Waals surface area contributed by atoms with Gasteiger partial charge in [-0.25, -0.2) is 14.9 Å². The third kappa shape index (κ3) is 2.21. The number of nitrogens with one attached hydrogen (secondary N) is 2. The van der Waals surface area contributed by atoms with Crippen molar-refractivity contribution in [2.24, 2.45) is 0 Å². The Bertz CT molecular complexity index is 564. The number of aromatic amines is 2. The Morgan fingerprint density at radius 1 is 1.56 bits per heavy atom. The van der Waals surface area contributed by atoms with E-state index in [0.29, 0.717) is 18.2 Å². The van der Waals surface area contributed by atoms with Gasteiger partial charge in [0.25, 0.3) is 0 Å². The lowest BCUT2D eigenvalue weighted by Crippen LogP contribution is -2.11. The normalized spacial score (nSPS) is 19.4. The van der Waals surface area contributed by atoms with Crippen molar-refractivity contribution in [1.82, 2.24) is 24.7 Å². The Labute approximate surface area is 103 Å². The highest BCUT2D eigenvalue weighted by atomic mass is 16.5. The highest BCUT2D eigenvalue weighted by molar-refractivity contribution is 5.02. The van der Waals surface area contributed by atoms with Crippen molar-refractivity contribution in [3.8, 4) is 0 Å². The van der Waals surface area contributed by atoms with Crippen molar-refractivity contribution in [3.63, 3.8) is 0 Å². The first-order chi connectivity index (χ1) is 8.83. The van der Waals surface area contributed by atoms with Gasteiger partial charge in [0.15, 0.2) is 0 Å². The Kier molecular flexibility index (Phi) is 2.97. The minimum Gasteiger partial charge on any atom is -0.381 e. The molecule has 7 nitrogen and oxygen atoms in total. The molecule has 0 bridgehead atoms. The summed E-state index contributed by atoms with van der Waals surface area (Å²) in [6.07, 6.45) is 5.46. The summed E-state index contributed by atoms with van der Waals surface area (Å²) in [5.74, 6) is 2.12. The van der Waals surface area contributed by atoms with Crippen molar-refractivity contribution in [3.05, 3.63) is 34.5 Å². The van der Waals surface area contributed by atoms with Crippen molar-refractivity contribution < 1.29 is 4.74 Å². The highest BCUT2D eigenvalue weighted by Gasteiger charge is 2.21. The van der Waals surface area contributed by atoms with Crippen LogP contribution in [0.1, 0.15) is 24.0 Å². The maximum Gasteiger partial charge on any atom is 0.340 e. The number of rotatable bonds is 4. The van der Waals surface area contributed by atoms with Crippen LogP contribution in [0.15, 0.2) is 17.2 Å². The van der Waals surface area contributed by atoms with Gasteiger partial charge in [-0.05, 0) is 6.42 Å². The summed E-state index contributed by atoms with van der Waals surface area (Å²) in [5, 5.41) is 6.25. The van der Waals surface area contributed by atoms with E-state index in [1.54, 1.807) is 6.20 Å². The van der Waals surface area contributed by atoms with Crippen LogP contribution >= 0.6 is 0 Å². The van der Waals surface area contributed by atoms with Gasteiger partial charge in [0.1, 0.15) is 11.6 Å². The van der Waals surface area contributed by atoms with E-state index < -0.39 is 0 Å². The lowest BCUT2D eigenvalue weighted by molar-refractivity contribution is 0.192. The van der Waals surface area contributed by atoms with Crippen LogP contribution in [-0.2, 0) is 17.7 Å². The predicted molar refractivity (Wildman–Crippen MR) is 63.3 cm³/mol. The lowest BCUT2D eigenvalue weighted by Gasteiger charge is -2.10. The predicted octanol–water partition coefficient (Wildman–Crippen LogP) is 0.0411. The number of imidazole rings is 1. The molecule has 1 unspecified atom stereocenters. The van der Waals surface area contributed by atoms with Gasteiger partial charge in [-0.2, -0.15) is 5.10 Å². The Balaban J connectivity index is 1.69. The zero-order valence-electron chi connectivity index (χ0n) is 9.93. The SMILES string of the molecule is O=c1[nH]nc(CCn2ccnc2C2CCOC2)[nH]1. The molecule has 2 aromatic rings. The van der Waals surface area contributed by atoms with E-state index in [4.69, 9.17) is 4.74 Å². The fraction of sp³-hybridized carbons (Fsp3) is 0.545. The molecule has 2 N–H and O–H groups in total.